The van der Waals surface area contributed by atoms with Crippen LogP contribution in [0.4, 0.5) is 28.9 Å². The summed E-state index contributed by atoms with van der Waals surface area (Å²) in [5, 5.41) is 5.18. The number of amides is 4. The van der Waals surface area contributed by atoms with Crippen LogP contribution in [0.25, 0.3) is 20.4 Å². The van der Waals surface area contributed by atoms with Crippen LogP contribution in [0.5, 0.6) is 0 Å². The summed E-state index contributed by atoms with van der Waals surface area (Å²) in [6.45, 7) is 0. The number of benzene rings is 4. The number of fused-ring (bicyclic) bond motifs is 2. The first-order valence-electron chi connectivity index (χ1n) is 16.7. The number of carbonyl (C=O) groups is 4. The molecular weight excluding hydrogens is 757 g/mol. The average Bonchev–Trinajstić information content (AvgIpc) is 3.43. The summed E-state index contributed by atoms with van der Waals surface area (Å²) in [5.74, 6) is -7.24. The number of carbonyl (C=O) groups excluding carboxylic acids is 4. The quantitative estimate of drug-likeness (QED) is 0.116. The highest BCUT2D eigenvalue weighted by atomic mass is 32.1. The molecule has 2 aromatic heterocycles. The van der Waals surface area contributed by atoms with Gasteiger partial charge in [-0.3, -0.25) is 19.2 Å². The number of rotatable bonds is 11. The van der Waals surface area contributed by atoms with Crippen LogP contribution in [0.15, 0.2) is 96.0 Å². The van der Waals surface area contributed by atoms with Gasteiger partial charge in [-0.1, -0.05) is 0 Å². The van der Waals surface area contributed by atoms with Crippen LogP contribution < -0.4 is 20.4 Å². The van der Waals surface area contributed by atoms with Crippen LogP contribution in [0, 0.1) is 23.3 Å². The highest BCUT2D eigenvalue weighted by Gasteiger charge is 2.62. The Morgan fingerprint density at radius 1 is 0.764 bits per heavy atom. The SMILES string of the molecule is CN(C(=O)[C@H](Cc1cc(F)cc(F)c1)NC(=O)/C=C\C(=O)N[C@]1(C(=O)N(C)c2ccc3scnc3c2)C[C@@H]1c1cc(F)cc(F)c1)c1ccc2scnc2c1. The third kappa shape index (κ3) is 7.95. The lowest BCUT2D eigenvalue weighted by molar-refractivity contribution is -0.126. The molecule has 0 aliphatic heterocycles. The van der Waals surface area contributed by atoms with E-state index < -0.39 is 64.4 Å². The van der Waals surface area contributed by atoms with Crippen molar-refractivity contribution in [3.8, 4) is 0 Å². The molecule has 1 saturated carbocycles. The minimum atomic E-state index is -1.63. The first-order valence-corrected chi connectivity index (χ1v) is 18.5. The van der Waals surface area contributed by atoms with E-state index in [-0.39, 0.29) is 24.0 Å². The highest BCUT2D eigenvalue weighted by Crippen LogP contribution is 2.53. The van der Waals surface area contributed by atoms with Gasteiger partial charge in [-0.25, -0.2) is 27.5 Å². The Morgan fingerprint density at radius 3 is 1.87 bits per heavy atom. The molecule has 2 heterocycles. The zero-order chi connectivity index (χ0) is 39.0. The van der Waals surface area contributed by atoms with Crippen molar-refractivity contribution in [1.29, 1.82) is 0 Å². The van der Waals surface area contributed by atoms with Crippen LogP contribution in [0.1, 0.15) is 23.5 Å². The normalized spacial score (nSPS) is 16.9. The van der Waals surface area contributed by atoms with Gasteiger partial charge < -0.3 is 20.4 Å². The third-order valence-corrected chi connectivity index (χ3v) is 11.0. The number of hydrogen-bond donors (Lipinski definition) is 2. The Balaban J connectivity index is 1.11. The van der Waals surface area contributed by atoms with Gasteiger partial charge >= 0.3 is 0 Å². The highest BCUT2D eigenvalue weighted by molar-refractivity contribution is 7.17. The number of anilines is 2. The molecule has 1 fully saturated rings. The fourth-order valence-corrected chi connectivity index (χ4v) is 7.87. The molecule has 6 aromatic rings. The topological polar surface area (TPSA) is 125 Å². The van der Waals surface area contributed by atoms with Gasteiger partial charge in [0.05, 0.1) is 31.5 Å². The zero-order valence-corrected chi connectivity index (χ0v) is 30.7. The molecule has 280 valence electrons. The van der Waals surface area contributed by atoms with Crippen LogP contribution >= 0.6 is 22.7 Å². The maximum atomic E-state index is 14.3. The molecule has 1 aliphatic carbocycles. The molecule has 55 heavy (non-hydrogen) atoms. The molecule has 4 amide bonds. The number of thiazole rings is 2. The van der Waals surface area contributed by atoms with Crippen molar-refractivity contribution < 1.29 is 36.7 Å². The minimum Gasteiger partial charge on any atom is -0.340 e. The largest absolute Gasteiger partial charge is 0.340 e. The summed E-state index contributed by atoms with van der Waals surface area (Å²) in [7, 11) is 2.98. The summed E-state index contributed by atoms with van der Waals surface area (Å²) in [6, 6.07) is 14.7. The molecule has 2 N–H and O–H groups in total. The van der Waals surface area contributed by atoms with Gasteiger partial charge in [0.2, 0.25) is 17.7 Å². The maximum Gasteiger partial charge on any atom is 0.253 e. The standard InChI is InChI=1S/C39H30F4N6O4S2/c1-48(27-3-5-33-30(16-27)44-19-54-33)37(52)32(11-21-9-23(40)14-24(41)10-21)46-35(50)7-8-36(51)47-39(18-29(39)22-12-25(42)15-26(43)13-22)38(53)49(2)28-4-6-34-31(17-28)45-20-55-34/h3-10,12-17,19-20,29,32H,11,18H2,1-2H3,(H,46,50)(H,47,51)/b8-7-/t29-,32+,39-/m1/s1. The van der Waals surface area contributed by atoms with E-state index in [4.69, 9.17) is 0 Å². The van der Waals surface area contributed by atoms with Crippen LogP contribution in [-0.2, 0) is 25.6 Å². The summed E-state index contributed by atoms with van der Waals surface area (Å²) in [5.41, 5.74) is 4.15. The lowest BCUT2D eigenvalue weighted by Crippen LogP contribution is -2.51. The van der Waals surface area contributed by atoms with Gasteiger partial charge in [-0.05, 0) is 78.2 Å². The molecule has 7 rings (SSSR count). The molecule has 4 aromatic carbocycles. The first kappa shape index (κ1) is 37.3. The van der Waals surface area contributed by atoms with E-state index in [1.54, 1.807) is 47.4 Å². The fourth-order valence-electron chi connectivity index (χ4n) is 6.55. The Kier molecular flexibility index (Phi) is 10.2. The van der Waals surface area contributed by atoms with Crippen LogP contribution in [0.2, 0.25) is 0 Å². The van der Waals surface area contributed by atoms with E-state index in [0.717, 1.165) is 45.8 Å². The van der Waals surface area contributed by atoms with Crippen molar-refractivity contribution in [2.24, 2.45) is 0 Å². The summed E-state index contributed by atoms with van der Waals surface area (Å²) in [4.78, 5) is 65.7. The Hall–Kier alpha value is -6.00. The molecule has 16 heteroatoms. The number of nitrogens with zero attached hydrogens (tertiary/aromatic N) is 4. The van der Waals surface area contributed by atoms with E-state index in [1.165, 1.54) is 46.6 Å². The van der Waals surface area contributed by atoms with E-state index in [0.29, 0.717) is 34.5 Å². The Labute approximate surface area is 319 Å². The molecule has 1 aliphatic rings. The second kappa shape index (κ2) is 15.0. The average molecular weight is 787 g/mol. The molecule has 0 spiro atoms. The van der Waals surface area contributed by atoms with Gasteiger partial charge in [-0.2, -0.15) is 0 Å². The van der Waals surface area contributed by atoms with Gasteiger partial charge in [0, 0.05) is 62.1 Å². The van der Waals surface area contributed by atoms with Crippen molar-refractivity contribution in [3.05, 3.63) is 130 Å². The number of hydrogen-bond acceptors (Lipinski definition) is 8. The van der Waals surface area contributed by atoms with Crippen molar-refractivity contribution in [1.82, 2.24) is 20.6 Å². The van der Waals surface area contributed by atoms with E-state index in [1.807, 2.05) is 0 Å². The van der Waals surface area contributed by atoms with Crippen molar-refractivity contribution in [3.63, 3.8) is 0 Å². The van der Waals surface area contributed by atoms with Crippen molar-refractivity contribution >= 4 is 78.1 Å². The summed E-state index contributed by atoms with van der Waals surface area (Å²) >= 11 is 2.84. The van der Waals surface area contributed by atoms with E-state index >= 15 is 0 Å². The molecule has 0 saturated heterocycles. The van der Waals surface area contributed by atoms with Gasteiger partial charge in [0.1, 0.15) is 34.8 Å². The number of likely N-dealkylation sites (N-methyl/N-ethyl adjacent to an activating group) is 2. The monoisotopic (exact) mass is 786 g/mol. The Morgan fingerprint density at radius 2 is 1.29 bits per heavy atom. The second-order valence-corrected chi connectivity index (χ2v) is 14.8. The van der Waals surface area contributed by atoms with Crippen LogP contribution in [0.3, 0.4) is 0 Å². The molecular formula is C39H30F4N6O4S2. The lowest BCUT2D eigenvalue weighted by atomic mass is 10.0. The van der Waals surface area contributed by atoms with E-state index in [9.17, 15) is 36.7 Å². The van der Waals surface area contributed by atoms with Crippen molar-refractivity contribution in [2.45, 2.75) is 30.3 Å². The molecule has 0 unspecified atom stereocenters. The second-order valence-electron chi connectivity index (χ2n) is 13.1. The minimum absolute atomic E-state index is 0.00356. The molecule has 0 bridgehead atoms. The van der Waals surface area contributed by atoms with Gasteiger partial charge in [-0.15, -0.1) is 22.7 Å². The Bertz CT molecular complexity index is 2480. The van der Waals surface area contributed by atoms with Crippen LogP contribution in [-0.4, -0.2) is 59.3 Å². The number of nitrogens with one attached hydrogen (secondary N) is 2. The molecule has 3 atom stereocenters. The van der Waals surface area contributed by atoms with Crippen molar-refractivity contribution in [2.75, 3.05) is 23.9 Å². The van der Waals surface area contributed by atoms with E-state index in [2.05, 4.69) is 20.6 Å². The smallest absolute Gasteiger partial charge is 0.253 e. The predicted octanol–water partition coefficient (Wildman–Crippen LogP) is 6.41. The van der Waals surface area contributed by atoms with Gasteiger partial charge in [0.15, 0.2) is 0 Å². The number of halogens is 4. The number of aromatic nitrogens is 2. The predicted molar refractivity (Wildman–Crippen MR) is 202 cm³/mol. The lowest BCUT2D eigenvalue weighted by Gasteiger charge is -2.26. The maximum absolute atomic E-state index is 14.3. The van der Waals surface area contributed by atoms with Gasteiger partial charge in [0.25, 0.3) is 5.91 Å². The fraction of sp³-hybridized carbons (Fsp3) is 0.179. The summed E-state index contributed by atoms with van der Waals surface area (Å²) in [6.07, 6.45) is 1.41. The third-order valence-electron chi connectivity index (χ3n) is 9.38. The zero-order valence-electron chi connectivity index (χ0n) is 29.1. The molecule has 10 nitrogen and oxygen atoms in total. The molecule has 0 radical (unpaired) electrons. The summed E-state index contributed by atoms with van der Waals surface area (Å²) < 4.78 is 58.5. The first-order chi connectivity index (χ1) is 26.3.